The maximum Gasteiger partial charge on any atom is 0.408 e. The maximum atomic E-state index is 10.6. The molecule has 2 N–H and O–H groups in total. The predicted octanol–water partition coefficient (Wildman–Crippen LogP) is -0.317. The Hall–Kier alpha value is -1.43. The Morgan fingerprint density at radius 3 is 2.25 bits per heavy atom. The number of Topliss-reactive ketones (excluding diaryl/α,β-unsaturated/α-hetero) is 1. The first-order valence-electron chi connectivity index (χ1n) is 3.10. The van der Waals surface area contributed by atoms with E-state index in [1.54, 1.807) is 0 Å². The molecule has 0 fully saturated rings. The fourth-order valence-corrected chi connectivity index (χ4v) is 0.500. The molecule has 0 radical (unpaired) electrons. The highest BCUT2D eigenvalue weighted by Crippen LogP contribution is 2.02. The van der Waals surface area contributed by atoms with Crippen LogP contribution in [0.2, 0.25) is 0 Å². The summed E-state index contributed by atoms with van der Waals surface area (Å²) in [5.74, 6) is -4.65. The summed E-state index contributed by atoms with van der Waals surface area (Å²) >= 11 is 0. The molecule has 0 aliphatic heterocycles. The van der Waals surface area contributed by atoms with E-state index in [9.17, 15) is 14.4 Å². The van der Waals surface area contributed by atoms with E-state index < -0.39 is 30.1 Å². The van der Waals surface area contributed by atoms with Crippen molar-refractivity contribution in [2.75, 3.05) is 0 Å². The van der Waals surface area contributed by atoms with E-state index >= 15 is 0 Å². The molecule has 1 unspecified atom stereocenters. The number of carboxylic acid groups (broad SMARTS) is 1. The number of carbonyl (C=O) groups excluding carboxylic acids is 2. The van der Waals surface area contributed by atoms with Crippen molar-refractivity contribution in [3.8, 4) is 0 Å². The van der Waals surface area contributed by atoms with Crippen LogP contribution in [-0.2, 0) is 19.3 Å². The van der Waals surface area contributed by atoms with Gasteiger partial charge in [0.25, 0.3) is 0 Å². The summed E-state index contributed by atoms with van der Waals surface area (Å²) < 4.78 is 0. The van der Waals surface area contributed by atoms with Gasteiger partial charge in [-0.1, -0.05) is 6.92 Å². The van der Waals surface area contributed by atoms with Gasteiger partial charge in [0.15, 0.2) is 0 Å². The molecule has 0 spiro atoms. The molecule has 6 nitrogen and oxygen atoms in total. The lowest BCUT2D eigenvalue weighted by molar-refractivity contribution is -0.232. The van der Waals surface area contributed by atoms with E-state index in [4.69, 9.17) is 10.4 Å². The fourth-order valence-electron chi connectivity index (χ4n) is 0.500. The average Bonchev–Trinajstić information content (AvgIpc) is 2.02. The molecule has 0 bridgehead atoms. The molecule has 6 heteroatoms. The summed E-state index contributed by atoms with van der Waals surface area (Å²) in [6, 6.07) is 0. The molecule has 0 saturated heterocycles. The standard InChI is InChI=1S/C6H8O6/c1-3(5(8)9)2-4(7)6(10)12-11/h3,11H,2H2,1H3,(H,8,9). The fraction of sp³-hybridized carbons (Fsp3) is 0.500. The lowest BCUT2D eigenvalue weighted by atomic mass is 10.1. The molecule has 0 saturated carbocycles. The van der Waals surface area contributed by atoms with Crippen LogP contribution in [0.15, 0.2) is 0 Å². The van der Waals surface area contributed by atoms with Crippen LogP contribution in [0.5, 0.6) is 0 Å². The van der Waals surface area contributed by atoms with Crippen molar-refractivity contribution < 1.29 is 29.6 Å². The molecule has 0 aliphatic rings. The molecule has 0 aromatic carbocycles. The Labute approximate surface area is 67.7 Å². The lowest BCUT2D eigenvalue weighted by Crippen LogP contribution is -2.21. The third-order valence-electron chi connectivity index (χ3n) is 1.22. The van der Waals surface area contributed by atoms with E-state index in [0.717, 1.165) is 0 Å². The zero-order chi connectivity index (χ0) is 9.72. The second-order valence-corrected chi connectivity index (χ2v) is 2.25. The minimum Gasteiger partial charge on any atom is -0.481 e. The summed E-state index contributed by atoms with van der Waals surface area (Å²) in [6.07, 6.45) is -0.477. The SMILES string of the molecule is CC(CC(=O)C(=O)OO)C(=O)O. The first-order valence-corrected chi connectivity index (χ1v) is 3.10. The van der Waals surface area contributed by atoms with E-state index in [-0.39, 0.29) is 0 Å². The van der Waals surface area contributed by atoms with Crippen LogP contribution in [0.25, 0.3) is 0 Å². The highest BCUT2D eigenvalue weighted by Gasteiger charge is 2.22. The summed E-state index contributed by atoms with van der Waals surface area (Å²) in [5, 5.41) is 16.1. The van der Waals surface area contributed by atoms with Gasteiger partial charge in [0.1, 0.15) is 0 Å². The van der Waals surface area contributed by atoms with Gasteiger partial charge in [0.05, 0.1) is 5.92 Å². The highest BCUT2D eigenvalue weighted by molar-refractivity contribution is 6.33. The average molecular weight is 176 g/mol. The van der Waals surface area contributed by atoms with Gasteiger partial charge in [-0.3, -0.25) is 14.5 Å². The summed E-state index contributed by atoms with van der Waals surface area (Å²) in [6.45, 7) is 1.27. The highest BCUT2D eigenvalue weighted by atomic mass is 17.1. The van der Waals surface area contributed by atoms with Crippen LogP contribution >= 0.6 is 0 Å². The molecule has 0 aromatic rings. The van der Waals surface area contributed by atoms with Crippen LogP contribution in [0.1, 0.15) is 13.3 Å². The zero-order valence-electron chi connectivity index (χ0n) is 6.31. The molecule has 1 atom stereocenters. The largest absolute Gasteiger partial charge is 0.481 e. The molecule has 0 aliphatic carbocycles. The van der Waals surface area contributed by atoms with E-state index in [1.807, 2.05) is 0 Å². The van der Waals surface area contributed by atoms with Gasteiger partial charge in [-0.25, -0.2) is 4.79 Å². The molecule has 0 rings (SSSR count). The third kappa shape index (κ3) is 3.11. The molecule has 0 aromatic heterocycles. The van der Waals surface area contributed by atoms with Crippen LogP contribution < -0.4 is 0 Å². The van der Waals surface area contributed by atoms with Crippen molar-refractivity contribution in [2.45, 2.75) is 13.3 Å². The predicted molar refractivity (Wildman–Crippen MR) is 35.1 cm³/mol. The topological polar surface area (TPSA) is 101 Å². The van der Waals surface area contributed by atoms with Crippen LogP contribution in [-0.4, -0.2) is 28.1 Å². The Kier molecular flexibility index (Phi) is 3.92. The van der Waals surface area contributed by atoms with Gasteiger partial charge in [-0.15, -0.1) is 0 Å². The lowest BCUT2D eigenvalue weighted by Gasteiger charge is -2.01. The first-order chi connectivity index (χ1) is 5.49. The van der Waals surface area contributed by atoms with Crippen molar-refractivity contribution in [3.05, 3.63) is 0 Å². The number of hydrogen-bond acceptors (Lipinski definition) is 5. The Bertz CT molecular complexity index is 208. The van der Waals surface area contributed by atoms with E-state index in [1.165, 1.54) is 6.92 Å². The maximum absolute atomic E-state index is 10.6. The van der Waals surface area contributed by atoms with Crippen LogP contribution in [0, 0.1) is 5.92 Å². The van der Waals surface area contributed by atoms with Gasteiger partial charge < -0.3 is 5.11 Å². The van der Waals surface area contributed by atoms with Crippen molar-refractivity contribution in [1.29, 1.82) is 0 Å². The zero-order valence-corrected chi connectivity index (χ0v) is 6.31. The Morgan fingerprint density at radius 2 is 1.92 bits per heavy atom. The molecule has 68 valence electrons. The first kappa shape index (κ1) is 10.6. The van der Waals surface area contributed by atoms with Crippen molar-refractivity contribution in [1.82, 2.24) is 0 Å². The number of carboxylic acids is 1. The number of rotatable bonds is 4. The summed E-state index contributed by atoms with van der Waals surface area (Å²) in [5.41, 5.74) is 0. The van der Waals surface area contributed by atoms with Crippen molar-refractivity contribution in [3.63, 3.8) is 0 Å². The third-order valence-corrected chi connectivity index (χ3v) is 1.22. The monoisotopic (exact) mass is 176 g/mol. The second-order valence-electron chi connectivity index (χ2n) is 2.25. The van der Waals surface area contributed by atoms with E-state index in [0.29, 0.717) is 0 Å². The Morgan fingerprint density at radius 1 is 1.42 bits per heavy atom. The molecule has 12 heavy (non-hydrogen) atoms. The summed E-state index contributed by atoms with van der Waals surface area (Å²) in [7, 11) is 0. The number of hydrogen-bond donors (Lipinski definition) is 2. The normalized spacial score (nSPS) is 11.8. The molecule has 0 heterocycles. The van der Waals surface area contributed by atoms with E-state index in [2.05, 4.69) is 4.89 Å². The van der Waals surface area contributed by atoms with Gasteiger partial charge >= 0.3 is 11.9 Å². The Balaban J connectivity index is 4.01. The molecule has 0 amide bonds. The van der Waals surface area contributed by atoms with Crippen LogP contribution in [0.3, 0.4) is 0 Å². The van der Waals surface area contributed by atoms with Gasteiger partial charge in [-0.05, 0) is 0 Å². The number of carbonyl (C=O) groups is 3. The second kappa shape index (κ2) is 4.45. The quantitative estimate of drug-likeness (QED) is 0.346. The van der Waals surface area contributed by atoms with Gasteiger partial charge in [-0.2, -0.15) is 5.26 Å². The number of ketones is 1. The minimum absolute atomic E-state index is 0.477. The van der Waals surface area contributed by atoms with Gasteiger partial charge in [0, 0.05) is 6.42 Å². The minimum atomic E-state index is -1.44. The van der Waals surface area contributed by atoms with Crippen molar-refractivity contribution in [2.24, 2.45) is 5.92 Å². The molecular weight excluding hydrogens is 168 g/mol. The summed E-state index contributed by atoms with van der Waals surface area (Å²) in [4.78, 5) is 34.1. The van der Waals surface area contributed by atoms with Crippen LogP contribution in [0.4, 0.5) is 0 Å². The molecular formula is C6H8O6. The van der Waals surface area contributed by atoms with Crippen molar-refractivity contribution >= 4 is 17.7 Å². The number of aliphatic carboxylic acids is 1. The smallest absolute Gasteiger partial charge is 0.408 e. The van der Waals surface area contributed by atoms with Gasteiger partial charge in [0.2, 0.25) is 5.78 Å².